The van der Waals surface area contributed by atoms with Crippen LogP contribution in [-0.2, 0) is 10.1 Å². The van der Waals surface area contributed by atoms with E-state index in [-0.39, 0.29) is 5.75 Å². The minimum atomic E-state index is -3.52. The van der Waals surface area contributed by atoms with Crippen molar-refractivity contribution in [2.45, 2.75) is 6.92 Å². The number of para-hydroxylation sites is 1. The van der Waals surface area contributed by atoms with Crippen LogP contribution < -0.4 is 4.18 Å². The van der Waals surface area contributed by atoms with E-state index in [4.69, 9.17) is 4.18 Å². The molecular weight excluding hydrogens is 226 g/mol. The van der Waals surface area contributed by atoms with Crippen LogP contribution in [0.25, 0.3) is 10.9 Å². The standard InChI is InChI=1S/C11H11NO3S/c1-8-6-7-9-4-3-5-10(11(9)12-8)15-16(2,13)14/h3-7H,1-2H3. The molecule has 0 atom stereocenters. The molecule has 16 heavy (non-hydrogen) atoms. The summed E-state index contributed by atoms with van der Waals surface area (Å²) in [7, 11) is -3.52. The fraction of sp³-hybridized carbons (Fsp3) is 0.182. The molecule has 0 aliphatic carbocycles. The second-order valence-corrected chi connectivity index (χ2v) is 5.14. The van der Waals surface area contributed by atoms with Gasteiger partial charge in [-0.2, -0.15) is 8.42 Å². The first-order valence-electron chi connectivity index (χ1n) is 4.71. The third kappa shape index (κ3) is 2.30. The Balaban J connectivity index is 2.65. The number of hydrogen-bond donors (Lipinski definition) is 0. The van der Waals surface area contributed by atoms with E-state index >= 15 is 0 Å². The van der Waals surface area contributed by atoms with Crippen LogP contribution in [0.15, 0.2) is 30.3 Å². The Kier molecular flexibility index (Phi) is 2.55. The lowest BCUT2D eigenvalue weighted by molar-refractivity contribution is 0.495. The first-order chi connectivity index (χ1) is 7.46. The van der Waals surface area contributed by atoms with Gasteiger partial charge in [0.15, 0.2) is 5.75 Å². The minimum absolute atomic E-state index is 0.267. The smallest absolute Gasteiger partial charge is 0.306 e. The average molecular weight is 237 g/mol. The van der Waals surface area contributed by atoms with Crippen molar-refractivity contribution in [3.8, 4) is 5.75 Å². The number of benzene rings is 1. The Morgan fingerprint density at radius 3 is 2.62 bits per heavy atom. The first kappa shape index (κ1) is 10.9. The summed E-state index contributed by atoms with van der Waals surface area (Å²) in [5.41, 5.74) is 1.38. The molecule has 0 spiro atoms. The van der Waals surface area contributed by atoms with Crippen LogP contribution in [-0.4, -0.2) is 19.7 Å². The van der Waals surface area contributed by atoms with Gasteiger partial charge in [-0.15, -0.1) is 0 Å². The highest BCUT2D eigenvalue weighted by molar-refractivity contribution is 7.86. The Morgan fingerprint density at radius 1 is 1.19 bits per heavy atom. The summed E-state index contributed by atoms with van der Waals surface area (Å²) < 4.78 is 27.0. The van der Waals surface area contributed by atoms with E-state index in [2.05, 4.69) is 4.98 Å². The SMILES string of the molecule is Cc1ccc2cccc(OS(C)(=O)=O)c2n1. The molecule has 0 radical (unpaired) electrons. The molecular formula is C11H11NO3S. The molecule has 0 bridgehead atoms. The predicted molar refractivity (Wildman–Crippen MR) is 62.0 cm³/mol. The molecule has 5 heteroatoms. The zero-order chi connectivity index (χ0) is 11.8. The third-order valence-electron chi connectivity index (χ3n) is 2.06. The molecule has 1 aromatic carbocycles. The fourth-order valence-corrected chi connectivity index (χ4v) is 1.91. The molecule has 0 unspecified atom stereocenters. The van der Waals surface area contributed by atoms with Gasteiger partial charge in [-0.25, -0.2) is 4.98 Å². The van der Waals surface area contributed by atoms with Crippen LogP contribution in [0, 0.1) is 6.92 Å². The molecule has 0 fully saturated rings. The van der Waals surface area contributed by atoms with E-state index in [1.807, 2.05) is 25.1 Å². The molecule has 4 nitrogen and oxygen atoms in total. The van der Waals surface area contributed by atoms with Crippen LogP contribution in [0.5, 0.6) is 5.75 Å². The highest BCUT2D eigenvalue weighted by atomic mass is 32.2. The van der Waals surface area contributed by atoms with Crippen molar-refractivity contribution in [2.24, 2.45) is 0 Å². The minimum Gasteiger partial charge on any atom is -0.380 e. The number of hydrogen-bond acceptors (Lipinski definition) is 4. The van der Waals surface area contributed by atoms with Gasteiger partial charge in [-0.1, -0.05) is 18.2 Å². The van der Waals surface area contributed by atoms with Crippen molar-refractivity contribution in [1.29, 1.82) is 0 Å². The van der Waals surface area contributed by atoms with Gasteiger partial charge >= 0.3 is 10.1 Å². The Hall–Kier alpha value is -1.62. The van der Waals surface area contributed by atoms with E-state index in [9.17, 15) is 8.42 Å². The number of pyridine rings is 1. The van der Waals surface area contributed by atoms with E-state index in [0.717, 1.165) is 17.3 Å². The van der Waals surface area contributed by atoms with Gasteiger partial charge in [-0.05, 0) is 19.1 Å². The Labute approximate surface area is 94.0 Å². The van der Waals surface area contributed by atoms with Crippen LogP contribution in [0.3, 0.4) is 0 Å². The van der Waals surface area contributed by atoms with Crippen molar-refractivity contribution < 1.29 is 12.6 Å². The van der Waals surface area contributed by atoms with Crippen LogP contribution in [0.2, 0.25) is 0 Å². The number of rotatable bonds is 2. The zero-order valence-corrected chi connectivity index (χ0v) is 9.78. The highest BCUT2D eigenvalue weighted by Gasteiger charge is 2.09. The van der Waals surface area contributed by atoms with E-state index in [1.165, 1.54) is 0 Å². The summed E-state index contributed by atoms with van der Waals surface area (Å²) in [5, 5.41) is 0.853. The maximum atomic E-state index is 11.1. The Bertz CT molecular complexity index is 635. The average Bonchev–Trinajstić information content (AvgIpc) is 2.17. The van der Waals surface area contributed by atoms with Gasteiger partial charge in [0.1, 0.15) is 5.52 Å². The van der Waals surface area contributed by atoms with E-state index in [0.29, 0.717) is 5.52 Å². The van der Waals surface area contributed by atoms with Gasteiger partial charge < -0.3 is 4.18 Å². The molecule has 84 valence electrons. The summed E-state index contributed by atoms with van der Waals surface area (Å²) in [6, 6.07) is 8.94. The van der Waals surface area contributed by atoms with Crippen LogP contribution in [0.1, 0.15) is 5.69 Å². The summed E-state index contributed by atoms with van der Waals surface area (Å²) in [4.78, 5) is 4.27. The van der Waals surface area contributed by atoms with E-state index < -0.39 is 10.1 Å². The summed E-state index contributed by atoms with van der Waals surface area (Å²) in [6.45, 7) is 1.84. The maximum Gasteiger partial charge on any atom is 0.306 e. The lowest BCUT2D eigenvalue weighted by Crippen LogP contribution is -2.06. The number of aryl methyl sites for hydroxylation is 1. The second-order valence-electron chi connectivity index (χ2n) is 3.57. The van der Waals surface area contributed by atoms with Crippen molar-refractivity contribution in [1.82, 2.24) is 4.98 Å². The molecule has 0 saturated carbocycles. The van der Waals surface area contributed by atoms with Gasteiger partial charge in [0, 0.05) is 11.1 Å². The molecule has 0 aliphatic rings. The van der Waals surface area contributed by atoms with Crippen LogP contribution >= 0.6 is 0 Å². The fourth-order valence-electron chi connectivity index (χ4n) is 1.45. The normalized spacial score (nSPS) is 11.6. The van der Waals surface area contributed by atoms with Crippen molar-refractivity contribution in [3.63, 3.8) is 0 Å². The molecule has 1 heterocycles. The van der Waals surface area contributed by atoms with Gasteiger partial charge in [0.05, 0.1) is 6.26 Å². The monoisotopic (exact) mass is 237 g/mol. The van der Waals surface area contributed by atoms with Gasteiger partial charge in [0.25, 0.3) is 0 Å². The topological polar surface area (TPSA) is 56.3 Å². The molecule has 0 amide bonds. The van der Waals surface area contributed by atoms with Crippen molar-refractivity contribution in [3.05, 3.63) is 36.0 Å². The second kappa shape index (κ2) is 3.75. The molecule has 2 rings (SSSR count). The number of aromatic nitrogens is 1. The maximum absolute atomic E-state index is 11.1. The molecule has 0 aliphatic heterocycles. The highest BCUT2D eigenvalue weighted by Crippen LogP contribution is 2.24. The van der Waals surface area contributed by atoms with Crippen LogP contribution in [0.4, 0.5) is 0 Å². The third-order valence-corrected chi connectivity index (χ3v) is 2.55. The van der Waals surface area contributed by atoms with Crippen molar-refractivity contribution >= 4 is 21.0 Å². The summed E-state index contributed by atoms with van der Waals surface area (Å²) in [5.74, 6) is 0.267. The quantitative estimate of drug-likeness (QED) is 0.748. The van der Waals surface area contributed by atoms with Gasteiger partial charge in [0.2, 0.25) is 0 Å². The summed E-state index contributed by atoms with van der Waals surface area (Å²) >= 11 is 0. The number of nitrogens with zero attached hydrogens (tertiary/aromatic N) is 1. The Morgan fingerprint density at radius 2 is 1.94 bits per heavy atom. The molecule has 0 saturated heterocycles. The predicted octanol–water partition coefficient (Wildman–Crippen LogP) is 1.88. The van der Waals surface area contributed by atoms with E-state index in [1.54, 1.807) is 12.1 Å². The largest absolute Gasteiger partial charge is 0.380 e. The molecule has 1 aromatic heterocycles. The van der Waals surface area contributed by atoms with Gasteiger partial charge in [-0.3, -0.25) is 0 Å². The van der Waals surface area contributed by atoms with Crippen molar-refractivity contribution in [2.75, 3.05) is 6.26 Å². The molecule has 0 N–H and O–H groups in total. The lowest BCUT2D eigenvalue weighted by Gasteiger charge is -2.06. The molecule has 2 aromatic rings. The lowest BCUT2D eigenvalue weighted by atomic mass is 10.2. The number of fused-ring (bicyclic) bond motifs is 1. The first-order valence-corrected chi connectivity index (χ1v) is 6.53. The summed E-state index contributed by atoms with van der Waals surface area (Å²) in [6.07, 6.45) is 1.02. The zero-order valence-electron chi connectivity index (χ0n) is 8.97.